The van der Waals surface area contributed by atoms with E-state index in [4.69, 9.17) is 0 Å². The van der Waals surface area contributed by atoms with Crippen molar-refractivity contribution in [2.45, 2.75) is 6.32 Å². The first-order chi connectivity index (χ1) is 2.50. The lowest BCUT2D eigenvalue weighted by molar-refractivity contribution is 1.52. The van der Waals surface area contributed by atoms with Crippen LogP contribution in [0.3, 0.4) is 0 Å². The Labute approximate surface area is 37.6 Å². The van der Waals surface area contributed by atoms with Gasteiger partial charge in [-0.2, -0.15) is 11.8 Å². The van der Waals surface area contributed by atoms with Crippen LogP contribution in [-0.4, -0.2) is 18.7 Å². The second kappa shape index (κ2) is 1.76. The van der Waals surface area contributed by atoms with E-state index in [1.165, 1.54) is 25.0 Å². The Morgan fingerprint density at radius 3 is 2.80 bits per heavy atom. The van der Waals surface area contributed by atoms with Crippen LogP contribution in [0.15, 0.2) is 0 Å². The van der Waals surface area contributed by atoms with Gasteiger partial charge in [0.25, 0.3) is 0 Å². The van der Waals surface area contributed by atoms with E-state index in [9.17, 15) is 0 Å². The van der Waals surface area contributed by atoms with Crippen LogP contribution < -0.4 is 0 Å². The van der Waals surface area contributed by atoms with Crippen LogP contribution in [0.1, 0.15) is 0 Å². The second-order valence-electron chi connectivity index (χ2n) is 1.32. The highest BCUT2D eigenvalue weighted by atomic mass is 32.2. The van der Waals surface area contributed by atoms with E-state index >= 15 is 0 Å². The molecule has 0 bridgehead atoms. The molecule has 5 heavy (non-hydrogen) atoms. The Morgan fingerprint density at radius 2 is 2.60 bits per heavy atom. The molecule has 1 fully saturated rings. The summed E-state index contributed by atoms with van der Waals surface area (Å²) in [4.78, 5) is 0. The van der Waals surface area contributed by atoms with Gasteiger partial charge in [-0.25, -0.2) is 0 Å². The Hall–Kier alpha value is 0.415. The van der Waals surface area contributed by atoms with Crippen LogP contribution in [0.25, 0.3) is 0 Å². The van der Waals surface area contributed by atoms with Crippen molar-refractivity contribution in [2.24, 2.45) is 0 Å². The van der Waals surface area contributed by atoms with Gasteiger partial charge in [0.15, 0.2) is 0 Å². The van der Waals surface area contributed by atoms with Crippen LogP contribution in [-0.2, 0) is 0 Å². The number of rotatable bonds is 0. The van der Waals surface area contributed by atoms with Crippen LogP contribution >= 0.6 is 11.8 Å². The normalized spacial score (nSPS) is 22.4. The highest BCUT2D eigenvalue weighted by Gasteiger charge is 1.98. The fourth-order valence-corrected chi connectivity index (χ4v) is 1.53. The van der Waals surface area contributed by atoms with Gasteiger partial charge < -0.3 is 0 Å². The SMILES string of the molecule is B1CCSC1. The molecular formula is C3H7BS. The van der Waals surface area contributed by atoms with Crippen molar-refractivity contribution < 1.29 is 0 Å². The molecule has 0 unspecified atom stereocenters. The summed E-state index contributed by atoms with van der Waals surface area (Å²) < 4.78 is 0. The van der Waals surface area contributed by atoms with Crippen molar-refractivity contribution in [1.29, 1.82) is 0 Å². The van der Waals surface area contributed by atoms with E-state index in [2.05, 4.69) is 11.8 Å². The van der Waals surface area contributed by atoms with Gasteiger partial charge in [0.1, 0.15) is 7.28 Å². The molecule has 0 atom stereocenters. The zero-order valence-corrected chi connectivity index (χ0v) is 4.05. The van der Waals surface area contributed by atoms with Gasteiger partial charge in [0.05, 0.1) is 0 Å². The maximum atomic E-state index is 2.07. The molecule has 0 radical (unpaired) electrons. The molecule has 0 amide bonds. The van der Waals surface area contributed by atoms with Crippen molar-refractivity contribution in [1.82, 2.24) is 0 Å². The van der Waals surface area contributed by atoms with Crippen molar-refractivity contribution in [2.75, 3.05) is 11.4 Å². The number of hydrogen-bond donors (Lipinski definition) is 0. The highest BCUT2D eigenvalue weighted by molar-refractivity contribution is 8.01. The Balaban J connectivity index is 2.08. The average Bonchev–Trinajstić information content (AvgIpc) is 1.76. The summed E-state index contributed by atoms with van der Waals surface area (Å²) in [5.74, 6) is 1.42. The van der Waals surface area contributed by atoms with Crippen LogP contribution in [0, 0.1) is 0 Å². The van der Waals surface area contributed by atoms with Crippen molar-refractivity contribution in [3.63, 3.8) is 0 Å². The monoisotopic (exact) mass is 86.0 g/mol. The third-order valence-electron chi connectivity index (χ3n) is 0.827. The summed E-state index contributed by atoms with van der Waals surface area (Å²) in [7, 11) is 1.46. The maximum absolute atomic E-state index is 2.07. The molecule has 0 spiro atoms. The third kappa shape index (κ3) is 0.878. The van der Waals surface area contributed by atoms with Crippen molar-refractivity contribution in [3.8, 4) is 0 Å². The lowest BCUT2D eigenvalue weighted by atomic mass is 9.79. The Kier molecular flexibility index (Phi) is 1.26. The van der Waals surface area contributed by atoms with Crippen LogP contribution in [0.5, 0.6) is 0 Å². The molecule has 28 valence electrons. The molecule has 0 aromatic heterocycles. The molecular weight excluding hydrogens is 78.9 g/mol. The lowest BCUT2D eigenvalue weighted by Crippen LogP contribution is -1.78. The summed E-state index contributed by atoms with van der Waals surface area (Å²) >= 11 is 2.07. The first kappa shape index (κ1) is 3.60. The molecule has 1 saturated heterocycles. The fraction of sp³-hybridized carbons (Fsp3) is 1.00. The minimum absolute atomic E-state index is 1.42. The van der Waals surface area contributed by atoms with E-state index in [1.807, 2.05) is 0 Å². The van der Waals surface area contributed by atoms with Gasteiger partial charge >= 0.3 is 0 Å². The van der Waals surface area contributed by atoms with Gasteiger partial charge in [0.2, 0.25) is 0 Å². The van der Waals surface area contributed by atoms with E-state index in [1.54, 1.807) is 0 Å². The molecule has 0 N–H and O–H groups in total. The molecule has 2 heteroatoms. The predicted molar refractivity (Wildman–Crippen MR) is 29.3 cm³/mol. The zero-order valence-electron chi connectivity index (χ0n) is 3.24. The molecule has 1 aliphatic rings. The largest absolute Gasteiger partial charge is 0.171 e. The molecule has 0 aromatic carbocycles. The van der Waals surface area contributed by atoms with Gasteiger partial charge in [-0.3, -0.25) is 0 Å². The van der Waals surface area contributed by atoms with Crippen LogP contribution in [0.2, 0.25) is 6.32 Å². The van der Waals surface area contributed by atoms with Crippen LogP contribution in [0.4, 0.5) is 0 Å². The number of hydrogen-bond acceptors (Lipinski definition) is 1. The van der Waals surface area contributed by atoms with Gasteiger partial charge in [-0.15, -0.1) is 0 Å². The second-order valence-corrected chi connectivity index (χ2v) is 2.54. The quantitative estimate of drug-likeness (QED) is 0.388. The zero-order chi connectivity index (χ0) is 3.54. The smallest absolute Gasteiger partial charge is 0.133 e. The minimum atomic E-state index is 1.42. The molecule has 1 rings (SSSR count). The van der Waals surface area contributed by atoms with Gasteiger partial charge in [-0.1, -0.05) is 6.32 Å². The first-order valence-electron chi connectivity index (χ1n) is 2.08. The third-order valence-corrected chi connectivity index (χ3v) is 1.98. The summed E-state index contributed by atoms with van der Waals surface area (Å²) in [5.41, 5.74) is 1.42. The van der Waals surface area contributed by atoms with E-state index < -0.39 is 0 Å². The molecule has 0 aliphatic carbocycles. The lowest BCUT2D eigenvalue weighted by Gasteiger charge is -1.70. The summed E-state index contributed by atoms with van der Waals surface area (Å²) in [5, 5.41) is 0. The predicted octanol–water partition coefficient (Wildman–Crippen LogP) is 0.545. The Morgan fingerprint density at radius 1 is 1.60 bits per heavy atom. The van der Waals surface area contributed by atoms with E-state index in [0.29, 0.717) is 0 Å². The highest BCUT2D eigenvalue weighted by Crippen LogP contribution is 2.08. The molecule has 1 aliphatic heterocycles. The maximum Gasteiger partial charge on any atom is 0.133 e. The van der Waals surface area contributed by atoms with Crippen molar-refractivity contribution in [3.05, 3.63) is 0 Å². The Bertz CT molecular complexity index is 18.5. The fourth-order valence-electron chi connectivity index (χ4n) is 0.510. The van der Waals surface area contributed by atoms with Gasteiger partial charge in [-0.05, 0) is 11.4 Å². The minimum Gasteiger partial charge on any atom is -0.171 e. The number of thioether (sulfide) groups is 1. The first-order valence-corrected chi connectivity index (χ1v) is 3.23. The van der Waals surface area contributed by atoms with E-state index in [-0.39, 0.29) is 0 Å². The molecule has 0 aromatic rings. The molecule has 0 nitrogen and oxygen atoms in total. The molecule has 1 heterocycles. The van der Waals surface area contributed by atoms with Gasteiger partial charge in [0, 0.05) is 0 Å². The van der Waals surface area contributed by atoms with Crippen molar-refractivity contribution >= 4 is 19.0 Å². The topological polar surface area (TPSA) is 0 Å². The summed E-state index contributed by atoms with van der Waals surface area (Å²) in [6.07, 6.45) is 1.46. The summed E-state index contributed by atoms with van der Waals surface area (Å²) in [6, 6.07) is 0. The van der Waals surface area contributed by atoms with E-state index in [0.717, 1.165) is 0 Å². The average molecular weight is 86.0 g/mol. The summed E-state index contributed by atoms with van der Waals surface area (Å²) in [6.45, 7) is 0. The standard InChI is InChI=1S/C3H7BS/c1-2-5-3-4-1/h4H,1-3H2. The molecule has 0 saturated carbocycles.